The van der Waals surface area contributed by atoms with Gasteiger partial charge in [-0.05, 0) is 18.2 Å². The minimum atomic E-state index is -0.526. The molecule has 1 aromatic heterocycles. The zero-order valence-corrected chi connectivity index (χ0v) is 11.9. The summed E-state index contributed by atoms with van der Waals surface area (Å²) in [4.78, 5) is 40.5. The Kier molecular flexibility index (Phi) is 3.42. The van der Waals surface area contributed by atoms with Crippen LogP contribution in [0, 0.1) is 0 Å². The van der Waals surface area contributed by atoms with Crippen molar-refractivity contribution in [3.8, 4) is 0 Å². The molecule has 0 atom stereocenters. The van der Waals surface area contributed by atoms with Gasteiger partial charge in [0.15, 0.2) is 0 Å². The summed E-state index contributed by atoms with van der Waals surface area (Å²) in [5, 5.41) is 3.47. The Balaban J connectivity index is 1.99. The lowest BCUT2D eigenvalue weighted by atomic mass is 10.1. The number of piperazine rings is 1. The maximum Gasteiger partial charge on any atom is 0.277 e. The molecule has 2 aromatic rings. The summed E-state index contributed by atoms with van der Waals surface area (Å²) in [6.45, 7) is 0.999. The molecule has 3 amide bonds. The molecule has 1 saturated heterocycles. The summed E-state index contributed by atoms with van der Waals surface area (Å²) < 4.78 is 0. The predicted octanol–water partition coefficient (Wildman–Crippen LogP) is 1.08. The highest BCUT2D eigenvalue weighted by Gasteiger charge is 2.30. The van der Waals surface area contributed by atoms with E-state index in [0.717, 1.165) is 15.8 Å². The summed E-state index contributed by atoms with van der Waals surface area (Å²) in [6, 6.07) is 11.2. The third-order valence-electron chi connectivity index (χ3n) is 3.34. The molecule has 110 valence electrons. The fraction of sp³-hybridized carbons (Fsp3) is 0.125. The molecule has 0 radical (unpaired) electrons. The Morgan fingerprint density at radius 3 is 2.77 bits per heavy atom. The standard InChI is InChI=1S/C16H13N3O3/c1-10(20)19-9-15(21)18-14(16(19)22)8-12-7-6-11-4-2-3-5-13(11)17-12/h2-8H,9H2,1H3,(H,18,21)/b14-8-. The lowest BCUT2D eigenvalue weighted by Gasteiger charge is -2.25. The van der Waals surface area contributed by atoms with E-state index in [-0.39, 0.29) is 12.2 Å². The predicted molar refractivity (Wildman–Crippen MR) is 80.3 cm³/mol. The van der Waals surface area contributed by atoms with Gasteiger partial charge in [-0.25, -0.2) is 4.98 Å². The van der Waals surface area contributed by atoms with Crippen molar-refractivity contribution < 1.29 is 14.4 Å². The highest BCUT2D eigenvalue weighted by Crippen LogP contribution is 2.15. The zero-order chi connectivity index (χ0) is 15.7. The van der Waals surface area contributed by atoms with Crippen molar-refractivity contribution in [2.75, 3.05) is 6.54 Å². The fourth-order valence-corrected chi connectivity index (χ4v) is 2.27. The number of nitrogens with zero attached hydrogens (tertiary/aromatic N) is 2. The molecule has 6 heteroatoms. The van der Waals surface area contributed by atoms with Crippen LogP contribution < -0.4 is 5.32 Å². The number of hydrogen-bond donors (Lipinski definition) is 1. The minimum absolute atomic E-state index is 0.0502. The smallest absolute Gasteiger partial charge is 0.277 e. The van der Waals surface area contributed by atoms with Crippen molar-refractivity contribution in [2.24, 2.45) is 0 Å². The lowest BCUT2D eigenvalue weighted by molar-refractivity contribution is -0.147. The van der Waals surface area contributed by atoms with Crippen molar-refractivity contribution >= 4 is 34.7 Å². The van der Waals surface area contributed by atoms with Gasteiger partial charge in [-0.1, -0.05) is 24.3 Å². The molecule has 1 aromatic carbocycles. The first-order valence-electron chi connectivity index (χ1n) is 6.74. The van der Waals surface area contributed by atoms with E-state index in [0.29, 0.717) is 5.69 Å². The quantitative estimate of drug-likeness (QED) is 0.798. The number of rotatable bonds is 1. The maximum atomic E-state index is 12.2. The Morgan fingerprint density at radius 2 is 2.00 bits per heavy atom. The molecule has 0 unspecified atom stereocenters. The Hall–Kier alpha value is -3.02. The molecule has 1 aliphatic rings. The van der Waals surface area contributed by atoms with Crippen LogP contribution in [0.4, 0.5) is 0 Å². The molecule has 6 nitrogen and oxygen atoms in total. The van der Waals surface area contributed by atoms with E-state index in [1.54, 1.807) is 6.07 Å². The first-order chi connectivity index (χ1) is 10.5. The van der Waals surface area contributed by atoms with Crippen molar-refractivity contribution in [1.82, 2.24) is 15.2 Å². The Morgan fingerprint density at radius 1 is 1.23 bits per heavy atom. The number of hydrogen-bond acceptors (Lipinski definition) is 4. The number of amides is 3. The largest absolute Gasteiger partial charge is 0.320 e. The number of pyridine rings is 1. The SMILES string of the molecule is CC(=O)N1CC(=O)N/C(=C\c2ccc3ccccc3n2)C1=O. The molecule has 0 saturated carbocycles. The van der Waals surface area contributed by atoms with Crippen LogP contribution in [-0.4, -0.2) is 34.2 Å². The number of para-hydroxylation sites is 1. The third kappa shape index (κ3) is 2.58. The van der Waals surface area contributed by atoms with Gasteiger partial charge < -0.3 is 5.32 Å². The van der Waals surface area contributed by atoms with Gasteiger partial charge in [0.1, 0.15) is 12.2 Å². The monoisotopic (exact) mass is 295 g/mol. The first-order valence-corrected chi connectivity index (χ1v) is 6.74. The van der Waals surface area contributed by atoms with Gasteiger partial charge in [0.05, 0.1) is 11.2 Å². The number of fused-ring (bicyclic) bond motifs is 1. The maximum absolute atomic E-state index is 12.2. The highest BCUT2D eigenvalue weighted by atomic mass is 16.2. The Bertz CT molecular complexity index is 826. The number of benzene rings is 1. The summed E-state index contributed by atoms with van der Waals surface area (Å²) in [6.07, 6.45) is 1.47. The second-order valence-corrected chi connectivity index (χ2v) is 4.95. The van der Waals surface area contributed by atoms with Gasteiger partial charge in [-0.3, -0.25) is 19.3 Å². The zero-order valence-electron chi connectivity index (χ0n) is 11.9. The summed E-state index contributed by atoms with van der Waals surface area (Å²) >= 11 is 0. The van der Waals surface area contributed by atoms with E-state index in [1.807, 2.05) is 30.3 Å². The number of nitrogens with one attached hydrogen (secondary N) is 1. The average Bonchev–Trinajstić information content (AvgIpc) is 2.50. The third-order valence-corrected chi connectivity index (χ3v) is 3.34. The number of aromatic nitrogens is 1. The van der Waals surface area contributed by atoms with Crippen molar-refractivity contribution in [3.05, 3.63) is 47.8 Å². The second-order valence-electron chi connectivity index (χ2n) is 4.95. The van der Waals surface area contributed by atoms with Crippen LogP contribution >= 0.6 is 0 Å². The summed E-state index contributed by atoms with van der Waals surface area (Å²) in [5.74, 6) is -1.39. The van der Waals surface area contributed by atoms with E-state index in [9.17, 15) is 14.4 Å². The van der Waals surface area contributed by atoms with Crippen molar-refractivity contribution in [1.29, 1.82) is 0 Å². The fourth-order valence-electron chi connectivity index (χ4n) is 2.27. The van der Waals surface area contributed by atoms with E-state index < -0.39 is 17.7 Å². The van der Waals surface area contributed by atoms with Crippen LogP contribution in [0.1, 0.15) is 12.6 Å². The van der Waals surface area contributed by atoms with Gasteiger partial charge in [0.2, 0.25) is 11.8 Å². The van der Waals surface area contributed by atoms with Gasteiger partial charge in [0, 0.05) is 12.3 Å². The molecular weight excluding hydrogens is 282 g/mol. The van der Waals surface area contributed by atoms with Gasteiger partial charge >= 0.3 is 0 Å². The van der Waals surface area contributed by atoms with Crippen molar-refractivity contribution in [3.63, 3.8) is 0 Å². The van der Waals surface area contributed by atoms with E-state index >= 15 is 0 Å². The van der Waals surface area contributed by atoms with E-state index in [4.69, 9.17) is 0 Å². The number of carbonyl (C=O) groups excluding carboxylic acids is 3. The van der Waals surface area contributed by atoms with Crippen LogP contribution in [0.25, 0.3) is 17.0 Å². The summed E-state index contributed by atoms with van der Waals surface area (Å²) in [7, 11) is 0. The first kappa shape index (κ1) is 13.9. The van der Waals surface area contributed by atoms with Gasteiger partial charge in [-0.15, -0.1) is 0 Å². The second kappa shape index (κ2) is 5.40. The molecule has 3 rings (SSSR count). The lowest BCUT2D eigenvalue weighted by Crippen LogP contribution is -2.51. The van der Waals surface area contributed by atoms with Crippen molar-refractivity contribution in [2.45, 2.75) is 6.92 Å². The van der Waals surface area contributed by atoms with Gasteiger partial charge in [0.25, 0.3) is 5.91 Å². The molecule has 0 spiro atoms. The van der Waals surface area contributed by atoms with Crippen LogP contribution in [0.5, 0.6) is 0 Å². The molecule has 1 N–H and O–H groups in total. The van der Waals surface area contributed by atoms with Gasteiger partial charge in [-0.2, -0.15) is 0 Å². The molecule has 0 bridgehead atoms. The molecule has 22 heavy (non-hydrogen) atoms. The normalized spacial score (nSPS) is 17.0. The molecular formula is C16H13N3O3. The minimum Gasteiger partial charge on any atom is -0.320 e. The van der Waals surface area contributed by atoms with Crippen LogP contribution in [0.15, 0.2) is 42.1 Å². The van der Waals surface area contributed by atoms with E-state index in [1.165, 1.54) is 13.0 Å². The topological polar surface area (TPSA) is 79.4 Å². The van der Waals surface area contributed by atoms with Crippen LogP contribution in [0.2, 0.25) is 0 Å². The molecule has 0 aliphatic carbocycles. The van der Waals surface area contributed by atoms with Crippen LogP contribution in [-0.2, 0) is 14.4 Å². The highest BCUT2D eigenvalue weighted by molar-refractivity contribution is 6.12. The molecule has 1 fully saturated rings. The summed E-state index contributed by atoms with van der Waals surface area (Å²) in [5.41, 5.74) is 1.37. The van der Waals surface area contributed by atoms with E-state index in [2.05, 4.69) is 10.3 Å². The molecule has 2 heterocycles. The molecule has 1 aliphatic heterocycles. The van der Waals surface area contributed by atoms with Crippen LogP contribution in [0.3, 0.4) is 0 Å². The number of carbonyl (C=O) groups is 3. The average molecular weight is 295 g/mol. The number of imide groups is 1. The Labute approximate surface area is 126 Å².